The Morgan fingerprint density at radius 3 is 2.38 bits per heavy atom. The Hall–Kier alpha value is -2.04. The first-order valence-corrected chi connectivity index (χ1v) is 10.5. The number of carbonyl (C=O) groups excluding carboxylic acids is 1. The molecule has 0 spiro atoms. The standard InChI is InChI=1S/C23H27ClO8/c1-3-31-17-7-4-14(5-8-17)10-15-11-16(6-9-18(15)24)23(30-2)21(29)19(27)20(28)22(12-25,13-26)32-23/h4-9,11-12,19-21,26-29H,3,10,13H2,1-2H3/t19-,20-,21+,22?,23-/m0/s1. The lowest BCUT2D eigenvalue weighted by atomic mass is 9.81. The molecule has 5 atom stereocenters. The molecular formula is C23H27ClO8. The second-order valence-electron chi connectivity index (χ2n) is 7.64. The third-order valence-electron chi connectivity index (χ3n) is 5.71. The number of hydrogen-bond acceptors (Lipinski definition) is 8. The van der Waals surface area contributed by atoms with Gasteiger partial charge < -0.3 is 34.6 Å². The molecule has 2 aromatic carbocycles. The second-order valence-corrected chi connectivity index (χ2v) is 8.05. The lowest BCUT2D eigenvalue weighted by Crippen LogP contribution is -2.70. The minimum atomic E-state index is -2.19. The van der Waals surface area contributed by atoms with Gasteiger partial charge in [-0.25, -0.2) is 0 Å². The molecule has 0 bridgehead atoms. The van der Waals surface area contributed by atoms with Gasteiger partial charge in [-0.05, 0) is 48.7 Å². The van der Waals surface area contributed by atoms with Crippen LogP contribution in [0.1, 0.15) is 23.6 Å². The minimum absolute atomic E-state index is 0.192. The molecule has 1 heterocycles. The molecule has 0 radical (unpaired) electrons. The van der Waals surface area contributed by atoms with Crippen LogP contribution in [0, 0.1) is 0 Å². The van der Waals surface area contributed by atoms with E-state index in [0.717, 1.165) is 11.3 Å². The van der Waals surface area contributed by atoms with Crippen molar-refractivity contribution in [3.63, 3.8) is 0 Å². The molecule has 0 saturated carbocycles. The van der Waals surface area contributed by atoms with E-state index in [1.165, 1.54) is 13.2 Å². The van der Waals surface area contributed by atoms with Gasteiger partial charge in [0, 0.05) is 17.7 Å². The molecule has 1 aliphatic rings. The quantitative estimate of drug-likeness (QED) is 0.427. The molecule has 1 unspecified atom stereocenters. The van der Waals surface area contributed by atoms with E-state index in [2.05, 4.69) is 0 Å². The number of aliphatic hydroxyl groups excluding tert-OH is 4. The first kappa shape index (κ1) is 24.6. The molecule has 3 rings (SSSR count). The van der Waals surface area contributed by atoms with E-state index in [1.807, 2.05) is 31.2 Å². The number of halogens is 1. The van der Waals surface area contributed by atoms with Gasteiger partial charge in [0.1, 0.15) is 24.1 Å². The third-order valence-corrected chi connectivity index (χ3v) is 6.07. The highest BCUT2D eigenvalue weighted by atomic mass is 35.5. The van der Waals surface area contributed by atoms with Gasteiger partial charge in [0.15, 0.2) is 11.9 Å². The summed E-state index contributed by atoms with van der Waals surface area (Å²) >= 11 is 6.40. The maximum atomic E-state index is 11.7. The van der Waals surface area contributed by atoms with Crippen LogP contribution in [0.3, 0.4) is 0 Å². The summed E-state index contributed by atoms with van der Waals surface area (Å²) in [6.45, 7) is 1.53. The summed E-state index contributed by atoms with van der Waals surface area (Å²) in [5, 5.41) is 41.7. The Kier molecular flexibility index (Phi) is 7.57. The van der Waals surface area contributed by atoms with Crippen molar-refractivity contribution in [1.82, 2.24) is 0 Å². The number of carbonyl (C=O) groups is 1. The minimum Gasteiger partial charge on any atom is -0.494 e. The van der Waals surface area contributed by atoms with E-state index in [1.54, 1.807) is 12.1 Å². The van der Waals surface area contributed by atoms with Gasteiger partial charge in [-0.15, -0.1) is 0 Å². The van der Waals surface area contributed by atoms with Crippen molar-refractivity contribution >= 4 is 17.9 Å². The van der Waals surface area contributed by atoms with Crippen LogP contribution in [0.2, 0.25) is 5.02 Å². The smallest absolute Gasteiger partial charge is 0.225 e. The van der Waals surface area contributed by atoms with Crippen LogP contribution in [0.5, 0.6) is 5.75 Å². The predicted molar refractivity (Wildman–Crippen MR) is 116 cm³/mol. The van der Waals surface area contributed by atoms with Crippen molar-refractivity contribution in [2.75, 3.05) is 20.3 Å². The molecule has 4 N–H and O–H groups in total. The highest BCUT2D eigenvalue weighted by molar-refractivity contribution is 6.31. The predicted octanol–water partition coefficient (Wildman–Crippen LogP) is 1.17. The summed E-state index contributed by atoms with van der Waals surface area (Å²) in [4.78, 5) is 11.7. The molecular weight excluding hydrogens is 440 g/mol. The molecule has 9 heteroatoms. The van der Waals surface area contributed by atoms with E-state index in [0.29, 0.717) is 23.6 Å². The van der Waals surface area contributed by atoms with E-state index in [4.69, 9.17) is 25.8 Å². The van der Waals surface area contributed by atoms with Crippen LogP contribution in [0.25, 0.3) is 0 Å². The Labute approximate surface area is 190 Å². The fourth-order valence-corrected chi connectivity index (χ4v) is 4.06. The summed E-state index contributed by atoms with van der Waals surface area (Å²) < 4.78 is 16.6. The number of aliphatic hydroxyl groups is 4. The highest BCUT2D eigenvalue weighted by Crippen LogP contribution is 2.43. The molecule has 0 amide bonds. The topological polar surface area (TPSA) is 126 Å². The first-order chi connectivity index (χ1) is 15.3. The Morgan fingerprint density at radius 1 is 1.12 bits per heavy atom. The lowest BCUT2D eigenvalue weighted by molar-refractivity contribution is -0.384. The molecule has 1 saturated heterocycles. The normalized spacial score (nSPS) is 30.2. The zero-order valence-electron chi connectivity index (χ0n) is 17.8. The van der Waals surface area contributed by atoms with E-state index in [-0.39, 0.29) is 11.8 Å². The number of hydrogen-bond donors (Lipinski definition) is 4. The van der Waals surface area contributed by atoms with Gasteiger partial charge >= 0.3 is 0 Å². The fourth-order valence-electron chi connectivity index (χ4n) is 3.87. The van der Waals surface area contributed by atoms with Crippen LogP contribution < -0.4 is 4.74 Å². The van der Waals surface area contributed by atoms with Crippen LogP contribution in [0.15, 0.2) is 42.5 Å². The van der Waals surface area contributed by atoms with Crippen molar-refractivity contribution in [3.05, 3.63) is 64.2 Å². The van der Waals surface area contributed by atoms with E-state index >= 15 is 0 Å². The van der Waals surface area contributed by atoms with Gasteiger partial charge in [0.25, 0.3) is 0 Å². The number of ether oxygens (including phenoxy) is 3. The van der Waals surface area contributed by atoms with Gasteiger partial charge in [-0.3, -0.25) is 4.79 Å². The highest BCUT2D eigenvalue weighted by Gasteiger charge is 2.61. The summed E-state index contributed by atoms with van der Waals surface area (Å²) in [7, 11) is 1.22. The monoisotopic (exact) mass is 466 g/mol. The summed E-state index contributed by atoms with van der Waals surface area (Å²) in [5.74, 6) is -1.30. The first-order valence-electron chi connectivity index (χ1n) is 10.1. The second kappa shape index (κ2) is 9.84. The van der Waals surface area contributed by atoms with Crippen LogP contribution in [-0.4, -0.2) is 70.9 Å². The molecule has 1 fully saturated rings. The largest absolute Gasteiger partial charge is 0.494 e. The zero-order chi connectivity index (χ0) is 23.5. The van der Waals surface area contributed by atoms with Crippen molar-refractivity contribution in [1.29, 1.82) is 0 Å². The maximum Gasteiger partial charge on any atom is 0.225 e. The fraction of sp³-hybridized carbons (Fsp3) is 0.435. The van der Waals surface area contributed by atoms with Gasteiger partial charge in [0.2, 0.25) is 5.79 Å². The van der Waals surface area contributed by atoms with Crippen molar-refractivity contribution in [3.8, 4) is 5.75 Å². The Morgan fingerprint density at radius 2 is 1.81 bits per heavy atom. The summed E-state index contributed by atoms with van der Waals surface area (Å²) in [6.07, 6.45) is -4.83. The number of benzene rings is 2. The van der Waals surface area contributed by atoms with Gasteiger partial charge in [-0.1, -0.05) is 29.8 Å². The Bertz CT molecular complexity index is 936. The van der Waals surface area contributed by atoms with Crippen LogP contribution in [0.4, 0.5) is 0 Å². The number of rotatable bonds is 8. The molecule has 0 aliphatic carbocycles. The maximum absolute atomic E-state index is 11.7. The molecule has 32 heavy (non-hydrogen) atoms. The molecule has 0 aromatic heterocycles. The molecule has 2 aromatic rings. The number of methoxy groups -OCH3 is 1. The molecule has 8 nitrogen and oxygen atoms in total. The molecule has 1 aliphatic heterocycles. The van der Waals surface area contributed by atoms with Crippen molar-refractivity contribution < 1.29 is 39.4 Å². The van der Waals surface area contributed by atoms with Gasteiger partial charge in [-0.2, -0.15) is 0 Å². The number of aldehydes is 1. The molecule has 174 valence electrons. The average molecular weight is 467 g/mol. The van der Waals surface area contributed by atoms with Crippen molar-refractivity contribution in [2.24, 2.45) is 0 Å². The lowest BCUT2D eigenvalue weighted by Gasteiger charge is -2.51. The van der Waals surface area contributed by atoms with Crippen LogP contribution in [-0.2, 0) is 26.5 Å². The van der Waals surface area contributed by atoms with Gasteiger partial charge in [0.05, 0.1) is 13.2 Å². The zero-order valence-corrected chi connectivity index (χ0v) is 18.5. The van der Waals surface area contributed by atoms with Crippen LogP contribution >= 0.6 is 11.6 Å². The summed E-state index contributed by atoms with van der Waals surface area (Å²) in [5.41, 5.74) is -0.328. The summed E-state index contributed by atoms with van der Waals surface area (Å²) in [6, 6.07) is 12.2. The van der Waals surface area contributed by atoms with E-state index < -0.39 is 36.3 Å². The average Bonchev–Trinajstić information content (AvgIpc) is 2.81. The van der Waals surface area contributed by atoms with Crippen molar-refractivity contribution in [2.45, 2.75) is 43.0 Å². The Balaban J connectivity index is 2.01. The SMILES string of the molecule is CCOc1ccc(Cc2cc([C@]3(OC)OC(C=O)(CO)[C@@H](O)[C@H](O)[C@H]3O)ccc2Cl)cc1. The van der Waals surface area contributed by atoms with E-state index in [9.17, 15) is 25.2 Å². The third kappa shape index (κ3) is 4.27.